The zero-order valence-electron chi connectivity index (χ0n) is 7.37. The molecule has 12 heavy (non-hydrogen) atoms. The van der Waals surface area contributed by atoms with Gasteiger partial charge in [0.15, 0.2) is 9.84 Å². The monoisotopic (exact) mass is 190 g/mol. The van der Waals surface area contributed by atoms with Gasteiger partial charge in [-0.15, -0.1) is 0 Å². The van der Waals surface area contributed by atoms with E-state index >= 15 is 0 Å². The summed E-state index contributed by atoms with van der Waals surface area (Å²) in [6, 6.07) is 1.68. The minimum atomic E-state index is -2.90. The Labute approximate surface area is 73.5 Å². The minimum absolute atomic E-state index is 0.107. The van der Waals surface area contributed by atoms with E-state index in [9.17, 15) is 8.42 Å². The molecule has 0 aliphatic carbocycles. The second-order valence-electron chi connectivity index (χ2n) is 2.54. The van der Waals surface area contributed by atoms with Gasteiger partial charge in [0.2, 0.25) is 0 Å². The Morgan fingerprint density at radius 3 is 2.58 bits per heavy atom. The van der Waals surface area contributed by atoms with Crippen LogP contribution >= 0.6 is 0 Å². The summed E-state index contributed by atoms with van der Waals surface area (Å²) >= 11 is 0. The SMILES string of the molecule is CCS(=O)(=O)CCNC(C)C#N. The van der Waals surface area contributed by atoms with Gasteiger partial charge in [0.25, 0.3) is 0 Å². The molecule has 0 aromatic heterocycles. The van der Waals surface area contributed by atoms with Crippen molar-refractivity contribution in [3.8, 4) is 6.07 Å². The first-order chi connectivity index (χ1) is 5.52. The third-order valence-electron chi connectivity index (χ3n) is 1.50. The minimum Gasteiger partial charge on any atom is -0.301 e. The van der Waals surface area contributed by atoms with Crippen LogP contribution in [0.2, 0.25) is 0 Å². The summed E-state index contributed by atoms with van der Waals surface area (Å²) in [6.07, 6.45) is 0. The highest BCUT2D eigenvalue weighted by atomic mass is 32.2. The molecule has 70 valence electrons. The number of hydrogen-bond acceptors (Lipinski definition) is 4. The van der Waals surface area contributed by atoms with Crippen molar-refractivity contribution in [2.45, 2.75) is 19.9 Å². The average Bonchev–Trinajstić information content (AvgIpc) is 2.04. The van der Waals surface area contributed by atoms with Gasteiger partial charge >= 0.3 is 0 Å². The van der Waals surface area contributed by atoms with Crippen molar-refractivity contribution in [3.05, 3.63) is 0 Å². The van der Waals surface area contributed by atoms with Gasteiger partial charge in [-0.3, -0.25) is 0 Å². The van der Waals surface area contributed by atoms with E-state index in [4.69, 9.17) is 5.26 Å². The maximum Gasteiger partial charge on any atom is 0.151 e. The number of hydrogen-bond donors (Lipinski definition) is 1. The maximum absolute atomic E-state index is 10.9. The van der Waals surface area contributed by atoms with Crippen molar-refractivity contribution in [2.75, 3.05) is 18.1 Å². The molecule has 0 fully saturated rings. The average molecular weight is 190 g/mol. The van der Waals surface area contributed by atoms with Crippen LogP contribution in [0.5, 0.6) is 0 Å². The van der Waals surface area contributed by atoms with Gasteiger partial charge < -0.3 is 5.32 Å². The van der Waals surface area contributed by atoms with E-state index < -0.39 is 9.84 Å². The molecule has 0 rings (SSSR count). The summed E-state index contributed by atoms with van der Waals surface area (Å²) in [5, 5.41) is 11.1. The van der Waals surface area contributed by atoms with Crippen LogP contribution in [0, 0.1) is 11.3 Å². The standard InChI is InChI=1S/C7H14N2O2S/c1-3-12(10,11)5-4-9-7(2)6-8/h7,9H,3-5H2,1-2H3. The fourth-order valence-corrected chi connectivity index (χ4v) is 1.34. The highest BCUT2D eigenvalue weighted by molar-refractivity contribution is 7.91. The second-order valence-corrected chi connectivity index (χ2v) is 5.01. The van der Waals surface area contributed by atoms with Crippen LogP contribution in [0.25, 0.3) is 0 Å². The van der Waals surface area contributed by atoms with Gasteiger partial charge in [-0.2, -0.15) is 5.26 Å². The van der Waals surface area contributed by atoms with Gasteiger partial charge in [-0.1, -0.05) is 6.92 Å². The van der Waals surface area contributed by atoms with Crippen molar-refractivity contribution in [1.29, 1.82) is 5.26 Å². The largest absolute Gasteiger partial charge is 0.301 e. The van der Waals surface area contributed by atoms with Crippen molar-refractivity contribution in [2.24, 2.45) is 0 Å². The second kappa shape index (κ2) is 5.12. The lowest BCUT2D eigenvalue weighted by molar-refractivity contribution is 0.589. The lowest BCUT2D eigenvalue weighted by Gasteiger charge is -2.04. The Bertz CT molecular complexity index is 253. The van der Waals surface area contributed by atoms with Gasteiger partial charge in [-0.05, 0) is 6.92 Å². The zero-order chi connectivity index (χ0) is 9.61. The quantitative estimate of drug-likeness (QED) is 0.658. The maximum atomic E-state index is 10.9. The Kier molecular flexibility index (Phi) is 4.86. The van der Waals surface area contributed by atoms with Crippen LogP contribution in [0.15, 0.2) is 0 Å². The molecule has 5 heteroatoms. The predicted octanol–water partition coefficient (Wildman–Crippen LogP) is -0.0772. The van der Waals surface area contributed by atoms with Crippen molar-refractivity contribution < 1.29 is 8.42 Å². The molecule has 4 nitrogen and oxygen atoms in total. The fourth-order valence-electron chi connectivity index (χ4n) is 0.621. The molecule has 0 aromatic rings. The van der Waals surface area contributed by atoms with Gasteiger partial charge in [0, 0.05) is 12.3 Å². The molecule has 0 bridgehead atoms. The van der Waals surface area contributed by atoms with Crippen molar-refractivity contribution >= 4 is 9.84 Å². The molecule has 0 aliphatic rings. The first-order valence-electron chi connectivity index (χ1n) is 3.85. The molecule has 0 aromatic carbocycles. The molecular weight excluding hydrogens is 176 g/mol. The topological polar surface area (TPSA) is 70.0 Å². The molecule has 1 N–H and O–H groups in total. The van der Waals surface area contributed by atoms with E-state index in [0.29, 0.717) is 6.54 Å². The molecule has 0 aliphatic heterocycles. The normalized spacial score (nSPS) is 13.8. The van der Waals surface area contributed by atoms with E-state index in [2.05, 4.69) is 5.32 Å². The van der Waals surface area contributed by atoms with Crippen LogP contribution in [0.1, 0.15) is 13.8 Å². The number of sulfone groups is 1. The first-order valence-corrected chi connectivity index (χ1v) is 5.67. The molecule has 0 saturated carbocycles. The lowest BCUT2D eigenvalue weighted by Crippen LogP contribution is -2.30. The molecule has 1 atom stereocenters. The van der Waals surface area contributed by atoms with Gasteiger partial charge in [0.05, 0.1) is 17.9 Å². The third-order valence-corrected chi connectivity index (χ3v) is 3.20. The van der Waals surface area contributed by atoms with Crippen LogP contribution in [0.4, 0.5) is 0 Å². The highest BCUT2D eigenvalue weighted by Crippen LogP contribution is 1.87. The summed E-state index contributed by atoms with van der Waals surface area (Å²) in [7, 11) is -2.90. The van der Waals surface area contributed by atoms with Crippen LogP contribution in [0.3, 0.4) is 0 Å². The summed E-state index contributed by atoms with van der Waals surface area (Å²) in [6.45, 7) is 3.66. The molecule has 1 unspecified atom stereocenters. The van der Waals surface area contributed by atoms with E-state index in [1.165, 1.54) is 0 Å². The van der Waals surface area contributed by atoms with E-state index in [0.717, 1.165) is 0 Å². The number of nitrogens with zero attached hydrogens (tertiary/aromatic N) is 1. The van der Waals surface area contributed by atoms with Crippen molar-refractivity contribution in [1.82, 2.24) is 5.32 Å². The lowest BCUT2D eigenvalue weighted by atomic mass is 10.4. The summed E-state index contributed by atoms with van der Waals surface area (Å²) in [5.41, 5.74) is 0. The fraction of sp³-hybridized carbons (Fsp3) is 0.857. The zero-order valence-corrected chi connectivity index (χ0v) is 8.19. The summed E-state index contributed by atoms with van der Waals surface area (Å²) in [5.74, 6) is 0.269. The van der Waals surface area contributed by atoms with Gasteiger partial charge in [-0.25, -0.2) is 8.42 Å². The number of nitrogens with one attached hydrogen (secondary N) is 1. The van der Waals surface area contributed by atoms with E-state index in [1.54, 1.807) is 13.8 Å². The Morgan fingerprint density at radius 2 is 2.17 bits per heavy atom. The summed E-state index contributed by atoms with van der Waals surface area (Å²) in [4.78, 5) is 0. The molecule has 0 radical (unpaired) electrons. The van der Waals surface area contributed by atoms with Crippen LogP contribution < -0.4 is 5.32 Å². The smallest absolute Gasteiger partial charge is 0.151 e. The van der Waals surface area contributed by atoms with Crippen LogP contribution in [-0.4, -0.2) is 32.5 Å². The van der Waals surface area contributed by atoms with Gasteiger partial charge in [0.1, 0.15) is 0 Å². The number of nitriles is 1. The molecule has 0 spiro atoms. The highest BCUT2D eigenvalue weighted by Gasteiger charge is 2.07. The van der Waals surface area contributed by atoms with Crippen LogP contribution in [-0.2, 0) is 9.84 Å². The Hall–Kier alpha value is -0.600. The third kappa shape index (κ3) is 5.10. The molecule has 0 heterocycles. The molecule has 0 amide bonds. The van der Waals surface area contributed by atoms with E-state index in [-0.39, 0.29) is 17.5 Å². The first kappa shape index (κ1) is 11.4. The Balaban J connectivity index is 3.66. The predicted molar refractivity (Wildman–Crippen MR) is 47.4 cm³/mol. The number of rotatable bonds is 5. The van der Waals surface area contributed by atoms with Crippen molar-refractivity contribution in [3.63, 3.8) is 0 Å². The van der Waals surface area contributed by atoms with E-state index in [1.807, 2.05) is 6.07 Å². The summed E-state index contributed by atoms with van der Waals surface area (Å²) < 4.78 is 21.9. The Morgan fingerprint density at radius 1 is 1.58 bits per heavy atom. The molecule has 0 saturated heterocycles. The molecular formula is C7H14N2O2S.